The number of nitrogens with one attached hydrogen (secondary N) is 2. The lowest BCUT2D eigenvalue weighted by Gasteiger charge is -2.30. The predicted octanol–water partition coefficient (Wildman–Crippen LogP) is 5.41. The first-order valence-electron chi connectivity index (χ1n) is 9.26. The van der Waals surface area contributed by atoms with Crippen molar-refractivity contribution >= 4 is 27.8 Å². The zero-order chi connectivity index (χ0) is 19.8. The Morgan fingerprint density at radius 3 is 2.78 bits per heavy atom. The Balaban J connectivity index is 1.96. The fraction of sp³-hybridized carbons (Fsp3) is 0.409. The average Bonchev–Trinajstić information content (AvgIpc) is 2.91. The highest BCUT2D eigenvalue weighted by atomic mass is 32.1. The number of carbonyl (C=O) groups is 1. The number of benzene rings is 1. The summed E-state index contributed by atoms with van der Waals surface area (Å²) in [6.07, 6.45) is 3.18. The third-order valence-corrected chi connectivity index (χ3v) is 6.32. The van der Waals surface area contributed by atoms with Gasteiger partial charge < -0.3 is 10.6 Å². The lowest BCUT2D eigenvalue weighted by molar-refractivity contribution is 0.102. The van der Waals surface area contributed by atoms with Crippen LogP contribution in [0, 0.1) is 11.2 Å². The zero-order valence-electron chi connectivity index (χ0n) is 16.5. The molecule has 5 heteroatoms. The first kappa shape index (κ1) is 19.8. The predicted molar refractivity (Wildman–Crippen MR) is 112 cm³/mol. The molecule has 1 aliphatic rings. The lowest BCUT2D eigenvalue weighted by atomic mass is 9.75. The van der Waals surface area contributed by atoms with Crippen LogP contribution in [-0.4, -0.2) is 13.0 Å². The van der Waals surface area contributed by atoms with Crippen LogP contribution in [0.15, 0.2) is 24.8 Å². The van der Waals surface area contributed by atoms with Crippen LogP contribution >= 0.6 is 11.3 Å². The standard InChI is InChI=1S/C22H27FN2OS/c1-13(2)19-17-11-22(3,4)9-8-18(17)27-21(19)25-20(26)16-7-6-15(23)10-14(16)12-24-5/h6-7,10,24H,1,8-9,11-12H2,2-5H3,(H,25,26). The molecule has 0 saturated carbocycles. The largest absolute Gasteiger partial charge is 0.316 e. The van der Waals surface area contributed by atoms with E-state index in [4.69, 9.17) is 0 Å². The van der Waals surface area contributed by atoms with E-state index in [1.807, 2.05) is 6.92 Å². The van der Waals surface area contributed by atoms with Gasteiger partial charge in [-0.1, -0.05) is 20.4 Å². The molecule has 0 bridgehead atoms. The molecule has 0 spiro atoms. The van der Waals surface area contributed by atoms with Gasteiger partial charge >= 0.3 is 0 Å². The molecule has 0 fully saturated rings. The summed E-state index contributed by atoms with van der Waals surface area (Å²) in [5.41, 5.74) is 4.77. The number of rotatable bonds is 5. The minimum atomic E-state index is -0.340. The van der Waals surface area contributed by atoms with Crippen LogP contribution < -0.4 is 10.6 Å². The molecule has 0 unspecified atom stereocenters. The summed E-state index contributed by atoms with van der Waals surface area (Å²) in [6.45, 7) is 11.1. The van der Waals surface area contributed by atoms with Gasteiger partial charge in [-0.25, -0.2) is 4.39 Å². The van der Waals surface area contributed by atoms with Crippen molar-refractivity contribution < 1.29 is 9.18 Å². The van der Waals surface area contributed by atoms with Crippen LogP contribution in [-0.2, 0) is 19.4 Å². The van der Waals surface area contributed by atoms with Crippen LogP contribution in [0.1, 0.15) is 59.1 Å². The topological polar surface area (TPSA) is 41.1 Å². The minimum Gasteiger partial charge on any atom is -0.316 e. The smallest absolute Gasteiger partial charge is 0.256 e. The number of anilines is 1. The van der Waals surface area contributed by atoms with E-state index in [1.165, 1.54) is 22.6 Å². The minimum absolute atomic E-state index is 0.208. The van der Waals surface area contributed by atoms with Crippen LogP contribution in [0.25, 0.3) is 5.57 Å². The number of hydrogen-bond acceptors (Lipinski definition) is 3. The summed E-state index contributed by atoms with van der Waals surface area (Å²) in [6, 6.07) is 4.29. The molecule has 0 aliphatic heterocycles. The molecule has 3 rings (SSSR count). The third-order valence-electron chi connectivity index (χ3n) is 5.11. The van der Waals surface area contributed by atoms with Gasteiger partial charge in [0.1, 0.15) is 10.8 Å². The van der Waals surface area contributed by atoms with Crippen molar-refractivity contribution in [3.63, 3.8) is 0 Å². The van der Waals surface area contributed by atoms with Crippen molar-refractivity contribution in [1.82, 2.24) is 5.32 Å². The number of aryl methyl sites for hydroxylation is 1. The lowest BCUT2D eigenvalue weighted by Crippen LogP contribution is -2.21. The quantitative estimate of drug-likeness (QED) is 0.722. The highest BCUT2D eigenvalue weighted by Crippen LogP contribution is 2.46. The molecule has 1 aromatic carbocycles. The maximum absolute atomic E-state index is 13.6. The molecular formula is C22H27FN2OS. The van der Waals surface area contributed by atoms with Crippen molar-refractivity contribution in [2.45, 2.75) is 46.6 Å². The maximum Gasteiger partial charge on any atom is 0.256 e. The van der Waals surface area contributed by atoms with Crippen LogP contribution in [0.2, 0.25) is 0 Å². The number of amides is 1. The summed E-state index contributed by atoms with van der Waals surface area (Å²) >= 11 is 1.65. The van der Waals surface area contributed by atoms with Gasteiger partial charge in [0.05, 0.1) is 0 Å². The fourth-order valence-electron chi connectivity index (χ4n) is 3.75. The fourth-order valence-corrected chi connectivity index (χ4v) is 5.04. The van der Waals surface area contributed by atoms with Gasteiger partial charge in [0, 0.05) is 22.5 Å². The summed E-state index contributed by atoms with van der Waals surface area (Å²) in [4.78, 5) is 14.3. The molecule has 2 aromatic rings. The molecule has 144 valence electrons. The first-order chi connectivity index (χ1) is 12.7. The van der Waals surface area contributed by atoms with Crippen molar-refractivity contribution in [3.05, 3.63) is 57.7 Å². The highest BCUT2D eigenvalue weighted by molar-refractivity contribution is 7.16. The van der Waals surface area contributed by atoms with Crippen LogP contribution in [0.4, 0.5) is 9.39 Å². The second kappa shape index (κ2) is 7.56. The van der Waals surface area contributed by atoms with E-state index in [2.05, 4.69) is 31.1 Å². The molecule has 3 nitrogen and oxygen atoms in total. The number of halogens is 1. The summed E-state index contributed by atoms with van der Waals surface area (Å²) in [5, 5.41) is 6.93. The second-order valence-corrected chi connectivity index (χ2v) is 9.22. The van der Waals surface area contributed by atoms with Gasteiger partial charge in [-0.05, 0) is 73.5 Å². The molecular weight excluding hydrogens is 359 g/mol. The molecule has 0 atom stereocenters. The normalized spacial score (nSPS) is 15.3. The maximum atomic E-state index is 13.6. The van der Waals surface area contributed by atoms with Gasteiger partial charge in [0.15, 0.2) is 0 Å². The molecule has 0 saturated heterocycles. The Kier molecular flexibility index (Phi) is 5.54. The molecule has 27 heavy (non-hydrogen) atoms. The number of thiophene rings is 1. The Labute approximate surface area is 164 Å². The van der Waals surface area contributed by atoms with Gasteiger partial charge in [0.25, 0.3) is 5.91 Å². The Hall–Kier alpha value is -1.98. The van der Waals surface area contributed by atoms with E-state index in [-0.39, 0.29) is 17.1 Å². The Morgan fingerprint density at radius 1 is 1.37 bits per heavy atom. The van der Waals surface area contributed by atoms with E-state index in [1.54, 1.807) is 24.5 Å². The number of hydrogen-bond donors (Lipinski definition) is 2. The monoisotopic (exact) mass is 386 g/mol. The van der Waals surface area contributed by atoms with Crippen molar-refractivity contribution in [2.24, 2.45) is 5.41 Å². The third kappa shape index (κ3) is 4.14. The van der Waals surface area contributed by atoms with Gasteiger partial charge in [-0.15, -0.1) is 11.3 Å². The van der Waals surface area contributed by atoms with E-state index < -0.39 is 0 Å². The molecule has 1 aromatic heterocycles. The second-order valence-electron chi connectivity index (χ2n) is 8.12. The van der Waals surface area contributed by atoms with Crippen molar-refractivity contribution in [1.29, 1.82) is 0 Å². The van der Waals surface area contributed by atoms with Crippen LogP contribution in [0.5, 0.6) is 0 Å². The summed E-state index contributed by atoms with van der Waals surface area (Å²) in [5.74, 6) is -0.547. The van der Waals surface area contributed by atoms with E-state index in [9.17, 15) is 9.18 Å². The van der Waals surface area contributed by atoms with E-state index in [0.29, 0.717) is 17.7 Å². The molecule has 1 heterocycles. The van der Waals surface area contributed by atoms with Crippen molar-refractivity contribution in [2.75, 3.05) is 12.4 Å². The van der Waals surface area contributed by atoms with Gasteiger partial charge in [-0.2, -0.15) is 0 Å². The number of allylic oxidation sites excluding steroid dienone is 1. The molecule has 1 aliphatic carbocycles. The number of carbonyl (C=O) groups excluding carboxylic acids is 1. The summed E-state index contributed by atoms with van der Waals surface area (Å²) < 4.78 is 13.6. The summed E-state index contributed by atoms with van der Waals surface area (Å²) in [7, 11) is 1.78. The van der Waals surface area contributed by atoms with Crippen molar-refractivity contribution in [3.8, 4) is 0 Å². The molecule has 0 radical (unpaired) electrons. The average molecular weight is 387 g/mol. The number of fused-ring (bicyclic) bond motifs is 1. The molecule has 1 amide bonds. The van der Waals surface area contributed by atoms with E-state index >= 15 is 0 Å². The Bertz CT molecular complexity index is 898. The van der Waals surface area contributed by atoms with Gasteiger partial charge in [-0.3, -0.25) is 4.79 Å². The zero-order valence-corrected chi connectivity index (χ0v) is 17.3. The van der Waals surface area contributed by atoms with Gasteiger partial charge in [0.2, 0.25) is 0 Å². The Morgan fingerprint density at radius 2 is 2.11 bits per heavy atom. The first-order valence-corrected chi connectivity index (χ1v) is 10.1. The van der Waals surface area contributed by atoms with Crippen LogP contribution in [0.3, 0.4) is 0 Å². The SMILES string of the molecule is C=C(C)c1c(NC(=O)c2ccc(F)cc2CNC)sc2c1CC(C)(C)CC2. The highest BCUT2D eigenvalue weighted by Gasteiger charge is 2.31. The molecule has 2 N–H and O–H groups in total. The van der Waals surface area contributed by atoms with E-state index in [0.717, 1.165) is 35.4 Å².